The van der Waals surface area contributed by atoms with E-state index in [-0.39, 0.29) is 12.5 Å². The molecule has 8 heteroatoms. The number of carbonyl (C=O) groups is 3. The number of esters is 3. The molecule has 132 valence electrons. The van der Waals surface area contributed by atoms with Crippen molar-refractivity contribution in [1.29, 1.82) is 0 Å². The average Bonchev–Trinajstić information content (AvgIpc) is 2.43. The van der Waals surface area contributed by atoms with Crippen LogP contribution in [-0.4, -0.2) is 54.0 Å². The summed E-state index contributed by atoms with van der Waals surface area (Å²) < 4.78 is 21.6. The molecule has 23 heavy (non-hydrogen) atoms. The maximum atomic E-state index is 11.4. The fourth-order valence-corrected chi connectivity index (χ4v) is 3.50. The summed E-state index contributed by atoms with van der Waals surface area (Å²) in [7, 11) is 0. The number of ether oxygens (including phenoxy) is 4. The maximum absolute atomic E-state index is 11.4. The first-order chi connectivity index (χ1) is 10.8. The lowest BCUT2D eigenvalue weighted by atomic mass is 9.91. The Balaban J connectivity index is 2.97. The van der Waals surface area contributed by atoms with Gasteiger partial charge in [-0.2, -0.15) is 0 Å². The summed E-state index contributed by atoms with van der Waals surface area (Å²) in [5, 5.41) is 0. The maximum Gasteiger partial charge on any atom is 0.303 e. The predicted octanol–water partition coefficient (Wildman–Crippen LogP) is 1.53. The van der Waals surface area contributed by atoms with Crippen molar-refractivity contribution in [3.05, 3.63) is 0 Å². The molecule has 1 aliphatic heterocycles. The number of thioether (sulfide) groups is 1. The van der Waals surface area contributed by atoms with Crippen LogP contribution in [-0.2, 0) is 33.3 Å². The zero-order valence-electron chi connectivity index (χ0n) is 14.1. The van der Waals surface area contributed by atoms with Crippen LogP contribution in [0, 0.1) is 5.92 Å². The summed E-state index contributed by atoms with van der Waals surface area (Å²) in [5.41, 5.74) is -0.411. The number of rotatable bonds is 6. The smallest absolute Gasteiger partial charge is 0.303 e. The predicted molar refractivity (Wildman–Crippen MR) is 83.7 cm³/mol. The largest absolute Gasteiger partial charge is 0.463 e. The van der Waals surface area contributed by atoms with Crippen molar-refractivity contribution in [3.8, 4) is 0 Å². The van der Waals surface area contributed by atoms with Crippen LogP contribution in [0.3, 0.4) is 0 Å². The molecule has 3 unspecified atom stereocenters. The van der Waals surface area contributed by atoms with E-state index >= 15 is 0 Å². The molecular formula is C15H24O7S. The van der Waals surface area contributed by atoms with Gasteiger partial charge in [0.2, 0.25) is 0 Å². The van der Waals surface area contributed by atoms with Crippen molar-refractivity contribution in [3.63, 3.8) is 0 Å². The minimum Gasteiger partial charge on any atom is -0.463 e. The third-order valence-electron chi connectivity index (χ3n) is 3.37. The van der Waals surface area contributed by atoms with Crippen LogP contribution in [0.2, 0.25) is 0 Å². The van der Waals surface area contributed by atoms with E-state index in [1.807, 2.05) is 13.8 Å². The Labute approximate surface area is 140 Å². The number of hydrogen-bond acceptors (Lipinski definition) is 8. The molecule has 0 radical (unpaired) electrons. The van der Waals surface area contributed by atoms with E-state index in [1.54, 1.807) is 0 Å². The Hall–Kier alpha value is -1.28. The Morgan fingerprint density at radius 3 is 2.04 bits per heavy atom. The number of hydrogen-bond donors (Lipinski definition) is 0. The highest BCUT2D eigenvalue weighted by molar-refractivity contribution is 7.99. The van der Waals surface area contributed by atoms with Crippen molar-refractivity contribution in [2.24, 2.45) is 5.92 Å². The average molecular weight is 348 g/mol. The van der Waals surface area contributed by atoms with Gasteiger partial charge in [-0.3, -0.25) is 14.4 Å². The van der Waals surface area contributed by atoms with Crippen molar-refractivity contribution in [1.82, 2.24) is 0 Å². The van der Waals surface area contributed by atoms with E-state index in [0.717, 1.165) is 5.75 Å². The van der Waals surface area contributed by atoms with Gasteiger partial charge in [0.15, 0.2) is 0 Å². The second-order valence-corrected chi connectivity index (χ2v) is 6.68. The van der Waals surface area contributed by atoms with Gasteiger partial charge < -0.3 is 18.9 Å². The second-order valence-electron chi connectivity index (χ2n) is 5.31. The summed E-state index contributed by atoms with van der Waals surface area (Å²) in [6.07, 6.45) is -1.81. The molecule has 0 aliphatic carbocycles. The lowest BCUT2D eigenvalue weighted by Crippen LogP contribution is -2.56. The van der Waals surface area contributed by atoms with Crippen LogP contribution in [0.5, 0.6) is 0 Å². The fraction of sp³-hybridized carbons (Fsp3) is 0.800. The minimum atomic E-state index is -0.662. The topological polar surface area (TPSA) is 88.1 Å². The molecule has 0 aromatic rings. The molecule has 1 heterocycles. The molecule has 0 spiro atoms. The Kier molecular flexibility index (Phi) is 7.84. The van der Waals surface area contributed by atoms with Crippen LogP contribution >= 0.6 is 11.8 Å². The van der Waals surface area contributed by atoms with Crippen LogP contribution in [0.25, 0.3) is 0 Å². The molecule has 0 N–H and O–H groups in total. The summed E-state index contributed by atoms with van der Waals surface area (Å²) in [6, 6.07) is 0. The summed E-state index contributed by atoms with van der Waals surface area (Å²) in [6.45, 7) is 7.68. The third kappa shape index (κ3) is 6.02. The summed E-state index contributed by atoms with van der Waals surface area (Å²) >= 11 is 1.48. The molecular weight excluding hydrogens is 324 g/mol. The van der Waals surface area contributed by atoms with Gasteiger partial charge in [-0.25, -0.2) is 0 Å². The molecule has 0 bridgehead atoms. The Bertz CT molecular complexity index is 438. The molecule has 1 saturated heterocycles. The molecule has 1 rings (SSSR count). The van der Waals surface area contributed by atoms with Crippen molar-refractivity contribution in [2.75, 3.05) is 12.4 Å². The van der Waals surface area contributed by atoms with Gasteiger partial charge in [-0.05, 0) is 5.75 Å². The number of carbonyl (C=O) groups excluding carboxylic acids is 3. The molecule has 1 aliphatic rings. The van der Waals surface area contributed by atoms with Gasteiger partial charge in [-0.1, -0.05) is 13.8 Å². The van der Waals surface area contributed by atoms with E-state index in [9.17, 15) is 14.4 Å². The third-order valence-corrected chi connectivity index (χ3v) is 4.41. The zero-order valence-corrected chi connectivity index (χ0v) is 14.9. The van der Waals surface area contributed by atoms with E-state index in [2.05, 4.69) is 0 Å². The first kappa shape index (κ1) is 19.8. The van der Waals surface area contributed by atoms with Crippen LogP contribution in [0.15, 0.2) is 0 Å². The first-order valence-electron chi connectivity index (χ1n) is 7.51. The minimum absolute atomic E-state index is 0.0226. The molecule has 7 nitrogen and oxygen atoms in total. The quantitative estimate of drug-likeness (QED) is 0.527. The van der Waals surface area contributed by atoms with Gasteiger partial charge in [0.1, 0.15) is 30.4 Å². The van der Waals surface area contributed by atoms with Gasteiger partial charge in [0.25, 0.3) is 0 Å². The highest BCUT2D eigenvalue weighted by Gasteiger charge is 2.47. The fourth-order valence-electron chi connectivity index (χ4n) is 2.46. The van der Waals surface area contributed by atoms with E-state index in [0.29, 0.717) is 0 Å². The highest BCUT2D eigenvalue weighted by atomic mass is 32.2. The van der Waals surface area contributed by atoms with Gasteiger partial charge in [-0.15, -0.1) is 11.8 Å². The molecule has 1 fully saturated rings. The van der Waals surface area contributed by atoms with E-state index in [4.69, 9.17) is 18.9 Å². The highest BCUT2D eigenvalue weighted by Crippen LogP contribution is 2.35. The normalized spacial score (nSPS) is 30.4. The summed E-state index contributed by atoms with van der Waals surface area (Å²) in [5.74, 6) is -0.868. The monoisotopic (exact) mass is 348 g/mol. The molecule has 5 atom stereocenters. The first-order valence-corrected chi connectivity index (χ1v) is 8.56. The van der Waals surface area contributed by atoms with Gasteiger partial charge in [0, 0.05) is 26.7 Å². The zero-order chi connectivity index (χ0) is 17.6. The van der Waals surface area contributed by atoms with Gasteiger partial charge in [0.05, 0.1) is 0 Å². The summed E-state index contributed by atoms with van der Waals surface area (Å²) in [4.78, 5) is 33.8. The van der Waals surface area contributed by atoms with Crippen molar-refractivity contribution in [2.45, 2.75) is 58.4 Å². The van der Waals surface area contributed by atoms with Gasteiger partial charge >= 0.3 is 17.9 Å². The van der Waals surface area contributed by atoms with Crippen molar-refractivity contribution >= 4 is 29.7 Å². The Morgan fingerprint density at radius 2 is 1.57 bits per heavy atom. The van der Waals surface area contributed by atoms with Crippen molar-refractivity contribution < 1.29 is 33.3 Å². The molecule has 0 amide bonds. The molecule has 0 aromatic heterocycles. The SMILES string of the molecule is CCS[C@H]1OC(COC(C)=O)[C@H](OC(C)=O)C(C)C1OC(C)=O. The second kappa shape index (κ2) is 9.12. The molecule has 0 saturated carbocycles. The lowest BCUT2D eigenvalue weighted by Gasteiger charge is -2.43. The molecule has 0 aromatic carbocycles. The standard InChI is InChI=1S/C15H24O7S/c1-6-23-15-14(21-11(5)18)8(2)13(20-10(4)17)12(22-15)7-19-9(3)16/h8,12-15H,6-7H2,1-5H3/t8?,12?,13-,14?,15-/m1/s1. The van der Waals surface area contributed by atoms with Crippen LogP contribution < -0.4 is 0 Å². The van der Waals surface area contributed by atoms with Crippen LogP contribution in [0.1, 0.15) is 34.6 Å². The van der Waals surface area contributed by atoms with E-state index in [1.165, 1.54) is 32.5 Å². The van der Waals surface area contributed by atoms with E-state index < -0.39 is 41.7 Å². The van der Waals surface area contributed by atoms with Crippen LogP contribution in [0.4, 0.5) is 0 Å². The Morgan fingerprint density at radius 1 is 1.00 bits per heavy atom. The lowest BCUT2D eigenvalue weighted by molar-refractivity contribution is -0.212.